The predicted molar refractivity (Wildman–Crippen MR) is 68.6 cm³/mol. The molecule has 0 aromatic heterocycles. The van der Waals surface area contributed by atoms with Gasteiger partial charge in [0.2, 0.25) is 7.85 Å². The average molecular weight is 242 g/mol. The van der Waals surface area contributed by atoms with Crippen LogP contribution in [0.4, 0.5) is 4.79 Å². The van der Waals surface area contributed by atoms with E-state index < -0.39 is 19.1 Å². The average Bonchev–Trinajstić information content (AvgIpc) is 2.25. The Bertz CT molecular complexity index is 251. The first-order valence-electron chi connectivity index (χ1n) is 5.73. The molecule has 8 heteroatoms. The van der Waals surface area contributed by atoms with Crippen molar-refractivity contribution in [3.8, 4) is 0 Å². The molecule has 0 bridgehead atoms. The SMILES string of the molecule is BC(=O)NC(CCCCNB(C)O)C(=O)OC. The fourth-order valence-corrected chi connectivity index (χ4v) is 1.42. The zero-order valence-corrected chi connectivity index (χ0v) is 10.7. The summed E-state index contributed by atoms with van der Waals surface area (Å²) in [4.78, 5) is 22.2. The maximum absolute atomic E-state index is 11.3. The lowest BCUT2D eigenvalue weighted by molar-refractivity contribution is -0.143. The highest BCUT2D eigenvalue weighted by Gasteiger charge is 2.18. The van der Waals surface area contributed by atoms with Gasteiger partial charge in [0.1, 0.15) is 6.04 Å². The van der Waals surface area contributed by atoms with E-state index in [0.29, 0.717) is 13.0 Å². The molecule has 0 aromatic carbocycles. The maximum Gasteiger partial charge on any atom is 0.373 e. The molecule has 0 saturated carbocycles. The van der Waals surface area contributed by atoms with Gasteiger partial charge in [-0.15, -0.1) is 0 Å². The third-order valence-corrected chi connectivity index (χ3v) is 2.22. The Morgan fingerprint density at radius 3 is 2.59 bits per heavy atom. The van der Waals surface area contributed by atoms with Crippen LogP contribution in [0, 0.1) is 0 Å². The Hall–Kier alpha value is -1.01. The van der Waals surface area contributed by atoms with Gasteiger partial charge in [-0.1, -0.05) is 0 Å². The Kier molecular flexibility index (Phi) is 8.53. The summed E-state index contributed by atoms with van der Waals surface area (Å²) >= 11 is 0. The van der Waals surface area contributed by atoms with E-state index in [0.717, 1.165) is 12.8 Å². The van der Waals surface area contributed by atoms with Crippen LogP contribution in [0.25, 0.3) is 0 Å². The van der Waals surface area contributed by atoms with Crippen LogP contribution in [0.1, 0.15) is 19.3 Å². The Labute approximate surface area is 103 Å². The van der Waals surface area contributed by atoms with E-state index in [-0.39, 0.29) is 5.81 Å². The van der Waals surface area contributed by atoms with Crippen molar-refractivity contribution in [2.24, 2.45) is 0 Å². The summed E-state index contributed by atoms with van der Waals surface area (Å²) in [6.45, 7) is 2.32. The number of nitrogens with one attached hydrogen (secondary N) is 2. The molecule has 96 valence electrons. The van der Waals surface area contributed by atoms with Gasteiger partial charge in [0, 0.05) is 0 Å². The van der Waals surface area contributed by atoms with E-state index in [9.17, 15) is 9.59 Å². The molecule has 0 saturated heterocycles. The highest BCUT2D eigenvalue weighted by molar-refractivity contribution is 6.57. The number of ether oxygens (including phenoxy) is 1. The number of methoxy groups -OCH3 is 1. The minimum absolute atomic E-state index is 0.248. The van der Waals surface area contributed by atoms with E-state index >= 15 is 0 Å². The number of hydrogen-bond acceptors (Lipinski definition) is 5. The van der Waals surface area contributed by atoms with Crippen molar-refractivity contribution in [2.45, 2.75) is 32.1 Å². The molecule has 1 atom stereocenters. The molecule has 0 aliphatic carbocycles. The van der Waals surface area contributed by atoms with Gasteiger partial charge in [-0.05, 0) is 32.6 Å². The first-order chi connectivity index (χ1) is 7.97. The van der Waals surface area contributed by atoms with Crippen LogP contribution < -0.4 is 10.5 Å². The van der Waals surface area contributed by atoms with Crippen molar-refractivity contribution in [3.63, 3.8) is 0 Å². The lowest BCUT2D eigenvalue weighted by atomic mass is 9.89. The highest BCUT2D eigenvalue weighted by Crippen LogP contribution is 2.02. The summed E-state index contributed by atoms with van der Waals surface area (Å²) in [6.07, 6.45) is 2.12. The minimum atomic E-state index is -0.580. The van der Waals surface area contributed by atoms with E-state index in [2.05, 4.69) is 15.3 Å². The number of carbonyl (C=O) groups excluding carboxylic acids is 2. The molecular weight excluding hydrogens is 222 g/mol. The summed E-state index contributed by atoms with van der Waals surface area (Å²) in [5.41, 5.74) is 0. The van der Waals surface area contributed by atoms with Gasteiger partial charge in [-0.2, -0.15) is 0 Å². The molecule has 0 radical (unpaired) electrons. The van der Waals surface area contributed by atoms with E-state index in [1.54, 1.807) is 6.82 Å². The molecule has 0 aliphatic heterocycles. The molecule has 6 nitrogen and oxygen atoms in total. The van der Waals surface area contributed by atoms with Crippen LogP contribution in [0.3, 0.4) is 0 Å². The molecule has 0 rings (SSSR count). The van der Waals surface area contributed by atoms with Crippen molar-refractivity contribution in [1.82, 2.24) is 10.5 Å². The van der Waals surface area contributed by atoms with Gasteiger partial charge in [0.15, 0.2) is 5.81 Å². The van der Waals surface area contributed by atoms with E-state index in [1.165, 1.54) is 15.0 Å². The summed E-state index contributed by atoms with van der Waals surface area (Å²) in [5.74, 6) is -0.675. The van der Waals surface area contributed by atoms with Gasteiger partial charge in [-0.25, -0.2) is 4.79 Å². The van der Waals surface area contributed by atoms with Crippen LogP contribution in [-0.4, -0.2) is 51.4 Å². The summed E-state index contributed by atoms with van der Waals surface area (Å²) in [5, 5.41) is 14.4. The molecule has 0 heterocycles. The Morgan fingerprint density at radius 2 is 2.12 bits per heavy atom. The van der Waals surface area contributed by atoms with E-state index in [4.69, 9.17) is 5.02 Å². The second kappa shape index (κ2) is 9.07. The normalized spacial score (nSPS) is 11.7. The smallest absolute Gasteiger partial charge is 0.373 e. The second-order valence-corrected chi connectivity index (χ2v) is 3.90. The van der Waals surface area contributed by atoms with Crippen molar-refractivity contribution >= 4 is 26.7 Å². The predicted octanol–water partition coefficient (Wildman–Crippen LogP) is -1.26. The van der Waals surface area contributed by atoms with Crippen molar-refractivity contribution < 1.29 is 19.3 Å². The zero-order chi connectivity index (χ0) is 13.3. The number of hydrogen-bond donors (Lipinski definition) is 3. The van der Waals surface area contributed by atoms with Crippen LogP contribution >= 0.6 is 0 Å². The van der Waals surface area contributed by atoms with Gasteiger partial charge in [0.25, 0.3) is 0 Å². The van der Waals surface area contributed by atoms with Crippen LogP contribution in [0.5, 0.6) is 0 Å². The third-order valence-electron chi connectivity index (χ3n) is 2.22. The lowest BCUT2D eigenvalue weighted by Gasteiger charge is -2.15. The van der Waals surface area contributed by atoms with E-state index in [1.807, 2.05) is 0 Å². The van der Waals surface area contributed by atoms with Gasteiger partial charge in [0.05, 0.1) is 7.11 Å². The number of esters is 1. The minimum Gasteiger partial charge on any atom is -0.467 e. The molecule has 17 heavy (non-hydrogen) atoms. The fraction of sp³-hybridized carbons (Fsp3) is 0.778. The van der Waals surface area contributed by atoms with Gasteiger partial charge < -0.3 is 20.3 Å². The largest absolute Gasteiger partial charge is 0.467 e. The Balaban J connectivity index is 3.84. The van der Waals surface area contributed by atoms with Crippen molar-refractivity contribution in [1.29, 1.82) is 0 Å². The van der Waals surface area contributed by atoms with Crippen molar-refractivity contribution in [3.05, 3.63) is 0 Å². The fourth-order valence-electron chi connectivity index (χ4n) is 1.42. The summed E-state index contributed by atoms with van der Waals surface area (Å²) < 4.78 is 4.60. The topological polar surface area (TPSA) is 87.7 Å². The van der Waals surface area contributed by atoms with Crippen LogP contribution in [0.15, 0.2) is 0 Å². The third kappa shape index (κ3) is 8.76. The molecule has 0 spiro atoms. The first-order valence-corrected chi connectivity index (χ1v) is 5.73. The summed E-state index contributed by atoms with van der Waals surface area (Å²) in [7, 11) is 2.14. The number of unbranched alkanes of at least 4 members (excludes halogenated alkanes) is 1. The quantitative estimate of drug-likeness (QED) is 0.281. The number of rotatable bonds is 8. The molecular formula is C9H20B2N2O4. The highest BCUT2D eigenvalue weighted by atomic mass is 16.5. The standard InChI is InChI=1S/C9H20B2N2O4/c1-11(16)12-6-4-3-5-7(8(14)17-2)13-9(10)15/h7,12,16H,3-6,10H2,1-2H3,(H,13,15). The van der Waals surface area contributed by atoms with Gasteiger partial charge in [-0.3, -0.25) is 4.79 Å². The molecule has 1 unspecified atom stereocenters. The van der Waals surface area contributed by atoms with Crippen LogP contribution in [0.2, 0.25) is 6.82 Å². The molecule has 1 amide bonds. The molecule has 3 N–H and O–H groups in total. The van der Waals surface area contributed by atoms with Crippen molar-refractivity contribution in [2.75, 3.05) is 13.7 Å². The molecule has 0 aliphatic rings. The monoisotopic (exact) mass is 242 g/mol. The summed E-state index contributed by atoms with van der Waals surface area (Å²) in [6, 6.07) is -0.580. The second-order valence-electron chi connectivity index (χ2n) is 3.90. The van der Waals surface area contributed by atoms with Crippen LogP contribution in [-0.2, 0) is 9.53 Å². The number of amides is 1. The number of carbonyl (C=O) groups is 2. The Morgan fingerprint density at radius 1 is 1.47 bits per heavy atom. The zero-order valence-electron chi connectivity index (χ0n) is 10.7. The maximum atomic E-state index is 11.3. The van der Waals surface area contributed by atoms with Gasteiger partial charge >= 0.3 is 13.0 Å². The molecule has 0 aromatic rings. The lowest BCUT2D eigenvalue weighted by Crippen LogP contribution is -2.41. The first kappa shape index (κ1) is 16.0. The molecule has 0 fully saturated rings.